The van der Waals surface area contributed by atoms with E-state index in [-0.39, 0.29) is 11.5 Å². The Morgan fingerprint density at radius 2 is 1.81 bits per heavy atom. The maximum absolute atomic E-state index is 12.7. The zero-order valence-electron chi connectivity index (χ0n) is 17.0. The van der Waals surface area contributed by atoms with E-state index < -0.39 is 15.7 Å². The molecule has 0 bridgehead atoms. The van der Waals surface area contributed by atoms with Crippen molar-refractivity contribution in [1.82, 2.24) is 9.78 Å². The van der Waals surface area contributed by atoms with Crippen LogP contribution in [0.5, 0.6) is 11.5 Å². The van der Waals surface area contributed by atoms with Gasteiger partial charge in [-0.1, -0.05) is 24.3 Å². The van der Waals surface area contributed by atoms with Crippen molar-refractivity contribution in [2.45, 2.75) is 11.5 Å². The fourth-order valence-electron chi connectivity index (χ4n) is 3.41. The van der Waals surface area contributed by atoms with E-state index in [0.717, 1.165) is 11.3 Å². The van der Waals surface area contributed by atoms with Crippen molar-refractivity contribution < 1.29 is 22.7 Å². The molecule has 1 N–H and O–H groups in total. The molecule has 0 aliphatic carbocycles. The normalized spacial score (nSPS) is 14.4. The van der Waals surface area contributed by atoms with Gasteiger partial charge in [-0.05, 0) is 35.9 Å². The van der Waals surface area contributed by atoms with Crippen LogP contribution in [0.25, 0.3) is 11.8 Å². The van der Waals surface area contributed by atoms with E-state index in [0.29, 0.717) is 28.6 Å². The Balaban J connectivity index is 1.62. The van der Waals surface area contributed by atoms with Gasteiger partial charge in [0.2, 0.25) is 5.91 Å². The van der Waals surface area contributed by atoms with E-state index in [4.69, 9.17) is 9.47 Å². The second-order valence-electron chi connectivity index (χ2n) is 6.99. The number of carbonyl (C=O) groups excluding carboxylic acids is 1. The summed E-state index contributed by atoms with van der Waals surface area (Å²) in [6.07, 6.45) is 3.01. The van der Waals surface area contributed by atoms with Crippen molar-refractivity contribution in [3.05, 3.63) is 71.4 Å². The molecule has 2 heterocycles. The molecule has 0 atom stereocenters. The molecule has 3 aromatic rings. The number of hydrogen-bond donors (Lipinski definition) is 1. The highest BCUT2D eigenvalue weighted by Crippen LogP contribution is 2.33. The Morgan fingerprint density at radius 1 is 1.06 bits per heavy atom. The van der Waals surface area contributed by atoms with Crippen molar-refractivity contribution in [2.24, 2.45) is 0 Å². The van der Waals surface area contributed by atoms with Gasteiger partial charge in [0, 0.05) is 11.6 Å². The molecule has 0 spiro atoms. The molecule has 1 aromatic heterocycles. The average molecular weight is 439 g/mol. The zero-order chi connectivity index (χ0) is 22.0. The van der Waals surface area contributed by atoms with E-state index in [1.165, 1.54) is 13.2 Å². The van der Waals surface area contributed by atoms with Gasteiger partial charge in [0.05, 0.1) is 37.1 Å². The monoisotopic (exact) mass is 439 g/mol. The number of methoxy groups -OCH3 is 2. The highest BCUT2D eigenvalue weighted by atomic mass is 32.2. The van der Waals surface area contributed by atoms with E-state index in [1.54, 1.807) is 36.1 Å². The molecule has 0 unspecified atom stereocenters. The van der Waals surface area contributed by atoms with E-state index >= 15 is 0 Å². The minimum atomic E-state index is -3.26. The highest BCUT2D eigenvalue weighted by Gasteiger charge is 2.33. The topological polar surface area (TPSA) is 99.5 Å². The predicted molar refractivity (Wildman–Crippen MR) is 117 cm³/mol. The number of nitrogens with zero attached hydrogens (tertiary/aromatic N) is 2. The summed E-state index contributed by atoms with van der Waals surface area (Å²) in [6, 6.07) is 14.5. The molecule has 1 amide bonds. The molecule has 1 aliphatic rings. The summed E-state index contributed by atoms with van der Waals surface area (Å²) in [5, 5.41) is 7.24. The van der Waals surface area contributed by atoms with Crippen LogP contribution in [0.15, 0.2) is 54.6 Å². The van der Waals surface area contributed by atoms with E-state index in [1.807, 2.05) is 30.3 Å². The van der Waals surface area contributed by atoms with Crippen LogP contribution >= 0.6 is 0 Å². The molecular weight excluding hydrogens is 418 g/mol. The lowest BCUT2D eigenvalue weighted by Gasteiger charge is -2.10. The Kier molecular flexibility index (Phi) is 5.51. The number of fused-ring (bicyclic) bond motifs is 1. The first-order valence-electron chi connectivity index (χ1n) is 9.48. The minimum absolute atomic E-state index is 0.132. The van der Waals surface area contributed by atoms with Crippen molar-refractivity contribution in [2.75, 3.05) is 19.5 Å². The van der Waals surface area contributed by atoms with Gasteiger partial charge in [0.15, 0.2) is 21.3 Å². The molecule has 31 heavy (non-hydrogen) atoms. The predicted octanol–water partition coefficient (Wildman–Crippen LogP) is 2.97. The number of sulfone groups is 1. The van der Waals surface area contributed by atoms with Crippen molar-refractivity contribution in [3.63, 3.8) is 0 Å². The van der Waals surface area contributed by atoms with Crippen LogP contribution in [0.2, 0.25) is 0 Å². The summed E-state index contributed by atoms with van der Waals surface area (Å²) in [5.41, 5.74) is 2.46. The minimum Gasteiger partial charge on any atom is -0.493 e. The number of rotatable bonds is 6. The summed E-state index contributed by atoms with van der Waals surface area (Å²) in [4.78, 5) is 12.7. The molecular formula is C22H21N3O5S. The molecule has 0 saturated carbocycles. The molecule has 1 aliphatic heterocycles. The molecule has 160 valence electrons. The molecule has 2 aromatic carbocycles. The van der Waals surface area contributed by atoms with Gasteiger partial charge < -0.3 is 14.8 Å². The molecule has 4 rings (SSSR count). The van der Waals surface area contributed by atoms with Crippen molar-refractivity contribution in [3.8, 4) is 17.2 Å². The number of para-hydroxylation sites is 1. The summed E-state index contributed by atoms with van der Waals surface area (Å²) >= 11 is 0. The Labute approximate surface area is 180 Å². The number of benzene rings is 2. The SMILES string of the molecule is COc1ccc(C=CC(=O)Nc2c3c(nn2-c2ccccc2)CS(=O)(=O)C3)cc1OC. The van der Waals surface area contributed by atoms with Crippen LogP contribution in [0.1, 0.15) is 16.8 Å². The number of nitrogens with one attached hydrogen (secondary N) is 1. The van der Waals surface area contributed by atoms with Crippen LogP contribution in [-0.2, 0) is 26.1 Å². The molecule has 8 nitrogen and oxygen atoms in total. The quantitative estimate of drug-likeness (QED) is 0.593. The number of anilines is 1. The second-order valence-corrected chi connectivity index (χ2v) is 9.05. The van der Waals surface area contributed by atoms with Crippen LogP contribution in [-0.4, -0.2) is 38.3 Å². The lowest BCUT2D eigenvalue weighted by atomic mass is 10.2. The Morgan fingerprint density at radius 3 is 2.52 bits per heavy atom. The Hall–Kier alpha value is -3.59. The van der Waals surface area contributed by atoms with Crippen LogP contribution in [0.3, 0.4) is 0 Å². The first-order valence-corrected chi connectivity index (χ1v) is 11.3. The summed E-state index contributed by atoms with van der Waals surface area (Å²) in [7, 11) is -0.170. The summed E-state index contributed by atoms with van der Waals surface area (Å²) in [6.45, 7) is 0. The Bertz CT molecular complexity index is 1260. The number of aromatic nitrogens is 2. The highest BCUT2D eigenvalue weighted by molar-refractivity contribution is 7.90. The van der Waals surface area contributed by atoms with Gasteiger partial charge in [-0.15, -0.1) is 0 Å². The van der Waals surface area contributed by atoms with Crippen LogP contribution < -0.4 is 14.8 Å². The van der Waals surface area contributed by atoms with Crippen LogP contribution in [0, 0.1) is 0 Å². The molecule has 0 saturated heterocycles. The van der Waals surface area contributed by atoms with Gasteiger partial charge in [-0.25, -0.2) is 13.1 Å². The molecule has 0 radical (unpaired) electrons. The zero-order valence-corrected chi connectivity index (χ0v) is 17.8. The van der Waals surface area contributed by atoms with E-state index in [9.17, 15) is 13.2 Å². The number of ether oxygens (including phenoxy) is 2. The van der Waals surface area contributed by atoms with Gasteiger partial charge in [0.25, 0.3) is 0 Å². The third-order valence-electron chi connectivity index (χ3n) is 4.86. The summed E-state index contributed by atoms with van der Waals surface area (Å²) < 4.78 is 36.2. The standard InChI is InChI=1S/C22H21N3O5S/c1-29-19-10-8-15(12-20(19)30-2)9-11-21(26)23-22-17-13-31(27,28)14-18(17)24-25(22)16-6-4-3-5-7-16/h3-12H,13-14H2,1-2H3,(H,23,26). The maximum atomic E-state index is 12.7. The average Bonchev–Trinajstić information content (AvgIpc) is 3.24. The third-order valence-corrected chi connectivity index (χ3v) is 6.31. The smallest absolute Gasteiger partial charge is 0.249 e. The van der Waals surface area contributed by atoms with Gasteiger partial charge >= 0.3 is 0 Å². The molecule has 0 fully saturated rings. The fourth-order valence-corrected chi connectivity index (χ4v) is 4.91. The van der Waals surface area contributed by atoms with E-state index in [2.05, 4.69) is 10.4 Å². The lowest BCUT2D eigenvalue weighted by Crippen LogP contribution is -2.14. The van der Waals surface area contributed by atoms with Gasteiger partial charge in [-0.2, -0.15) is 5.10 Å². The lowest BCUT2D eigenvalue weighted by molar-refractivity contribution is -0.111. The largest absolute Gasteiger partial charge is 0.493 e. The fraction of sp³-hybridized carbons (Fsp3) is 0.182. The number of amides is 1. The van der Waals surface area contributed by atoms with Crippen LogP contribution in [0.4, 0.5) is 5.82 Å². The molecule has 9 heteroatoms. The maximum Gasteiger partial charge on any atom is 0.249 e. The number of hydrogen-bond acceptors (Lipinski definition) is 6. The second kappa shape index (κ2) is 8.27. The van der Waals surface area contributed by atoms with Crippen molar-refractivity contribution >= 4 is 27.6 Å². The van der Waals surface area contributed by atoms with Crippen molar-refractivity contribution in [1.29, 1.82) is 0 Å². The first-order chi connectivity index (χ1) is 14.9. The third kappa shape index (κ3) is 4.31. The first kappa shape index (κ1) is 20.7. The summed E-state index contributed by atoms with van der Waals surface area (Å²) in [5.74, 6) is 0.822. The number of carbonyl (C=O) groups is 1. The van der Waals surface area contributed by atoms with Gasteiger partial charge in [-0.3, -0.25) is 4.79 Å². The van der Waals surface area contributed by atoms with Gasteiger partial charge in [0.1, 0.15) is 5.82 Å².